The summed E-state index contributed by atoms with van der Waals surface area (Å²) in [6.45, 7) is 2.45. The van der Waals surface area contributed by atoms with Gasteiger partial charge < -0.3 is 10.4 Å². The number of nitrogens with zero attached hydrogens (tertiary/aromatic N) is 4. The molecule has 2 aromatic rings. The monoisotopic (exact) mass is 287 g/mol. The van der Waals surface area contributed by atoms with Crippen LogP contribution < -0.4 is 5.32 Å². The predicted octanol–water partition coefficient (Wildman–Crippen LogP) is 2.08. The number of aliphatic hydroxyl groups is 1. The molecule has 1 aliphatic carbocycles. The molecule has 2 heterocycles. The molecule has 0 atom stereocenters. The van der Waals surface area contributed by atoms with E-state index in [4.69, 9.17) is 0 Å². The van der Waals surface area contributed by atoms with E-state index in [1.54, 1.807) is 18.6 Å². The Kier molecular flexibility index (Phi) is 3.88. The minimum Gasteiger partial charge on any atom is -0.388 e. The van der Waals surface area contributed by atoms with E-state index in [1.807, 2.05) is 17.7 Å². The Morgan fingerprint density at radius 1 is 1.29 bits per heavy atom. The van der Waals surface area contributed by atoms with Crippen molar-refractivity contribution in [3.8, 4) is 5.82 Å². The minimum absolute atomic E-state index is 0.522. The van der Waals surface area contributed by atoms with Gasteiger partial charge in [-0.15, -0.1) is 0 Å². The molecule has 21 heavy (non-hydrogen) atoms. The molecule has 3 rings (SSSR count). The minimum atomic E-state index is -0.610. The van der Waals surface area contributed by atoms with Crippen molar-refractivity contribution in [3.05, 3.63) is 30.6 Å². The van der Waals surface area contributed by atoms with Crippen LogP contribution in [0.15, 0.2) is 24.8 Å². The Labute approximate surface area is 124 Å². The molecule has 0 aromatic carbocycles. The van der Waals surface area contributed by atoms with Crippen molar-refractivity contribution >= 4 is 5.82 Å². The van der Waals surface area contributed by atoms with Crippen LogP contribution in [0.4, 0.5) is 5.82 Å². The average Bonchev–Trinajstić information content (AvgIpc) is 2.93. The summed E-state index contributed by atoms with van der Waals surface area (Å²) in [6.07, 6.45) is 12.1. The van der Waals surface area contributed by atoms with E-state index in [9.17, 15) is 5.11 Å². The topological polar surface area (TPSA) is 75.9 Å². The lowest BCUT2D eigenvalue weighted by molar-refractivity contribution is 0.0166. The lowest BCUT2D eigenvalue weighted by atomic mass is 9.85. The van der Waals surface area contributed by atoms with Crippen LogP contribution in [0.25, 0.3) is 5.82 Å². The molecule has 1 aliphatic rings. The molecule has 0 unspecified atom stereocenters. The molecule has 1 saturated carbocycles. The van der Waals surface area contributed by atoms with Crippen molar-refractivity contribution in [1.82, 2.24) is 19.5 Å². The van der Waals surface area contributed by atoms with Crippen LogP contribution in [0.5, 0.6) is 0 Å². The fourth-order valence-electron chi connectivity index (χ4n) is 2.82. The second-order valence-corrected chi connectivity index (χ2v) is 5.75. The quantitative estimate of drug-likeness (QED) is 0.900. The zero-order valence-corrected chi connectivity index (χ0v) is 12.3. The van der Waals surface area contributed by atoms with Crippen LogP contribution in [0.3, 0.4) is 0 Å². The normalized spacial score (nSPS) is 17.6. The SMILES string of the molecule is Cc1nccn1-c1cncc(NCC2(O)CCCCC2)n1. The van der Waals surface area contributed by atoms with Gasteiger partial charge in [-0.05, 0) is 19.8 Å². The summed E-state index contributed by atoms with van der Waals surface area (Å²) in [6, 6.07) is 0. The summed E-state index contributed by atoms with van der Waals surface area (Å²) in [5.41, 5.74) is -0.610. The first-order chi connectivity index (χ1) is 10.2. The fourth-order valence-corrected chi connectivity index (χ4v) is 2.82. The number of rotatable bonds is 4. The summed E-state index contributed by atoms with van der Waals surface area (Å²) in [5.74, 6) is 2.28. The van der Waals surface area contributed by atoms with Gasteiger partial charge in [0.25, 0.3) is 0 Å². The smallest absolute Gasteiger partial charge is 0.159 e. The van der Waals surface area contributed by atoms with Gasteiger partial charge in [-0.1, -0.05) is 19.3 Å². The summed E-state index contributed by atoms with van der Waals surface area (Å²) >= 11 is 0. The number of anilines is 1. The molecule has 6 heteroatoms. The molecule has 1 fully saturated rings. The molecule has 0 bridgehead atoms. The Morgan fingerprint density at radius 2 is 2.10 bits per heavy atom. The maximum Gasteiger partial charge on any atom is 0.159 e. The Hall–Kier alpha value is -1.95. The molecular formula is C15H21N5O. The molecular weight excluding hydrogens is 266 g/mol. The third-order valence-corrected chi connectivity index (χ3v) is 4.08. The van der Waals surface area contributed by atoms with E-state index in [-0.39, 0.29) is 0 Å². The van der Waals surface area contributed by atoms with Gasteiger partial charge in [-0.3, -0.25) is 9.55 Å². The first kappa shape index (κ1) is 14.0. The van der Waals surface area contributed by atoms with Gasteiger partial charge in [0.05, 0.1) is 18.0 Å². The molecule has 112 valence electrons. The number of nitrogens with one attached hydrogen (secondary N) is 1. The van der Waals surface area contributed by atoms with Crippen molar-refractivity contribution in [2.24, 2.45) is 0 Å². The third kappa shape index (κ3) is 3.21. The van der Waals surface area contributed by atoms with Crippen molar-refractivity contribution < 1.29 is 5.11 Å². The van der Waals surface area contributed by atoms with Gasteiger partial charge in [-0.2, -0.15) is 0 Å². The highest BCUT2D eigenvalue weighted by Crippen LogP contribution is 2.28. The van der Waals surface area contributed by atoms with E-state index in [0.29, 0.717) is 12.4 Å². The van der Waals surface area contributed by atoms with Gasteiger partial charge in [-0.25, -0.2) is 9.97 Å². The van der Waals surface area contributed by atoms with Gasteiger partial charge in [0, 0.05) is 18.9 Å². The number of hydrogen-bond donors (Lipinski definition) is 2. The van der Waals surface area contributed by atoms with Gasteiger partial charge in [0.1, 0.15) is 11.6 Å². The largest absolute Gasteiger partial charge is 0.388 e. The number of aryl methyl sites for hydroxylation is 1. The molecule has 2 N–H and O–H groups in total. The predicted molar refractivity (Wildman–Crippen MR) is 80.4 cm³/mol. The zero-order chi connectivity index (χ0) is 14.7. The second kappa shape index (κ2) is 5.81. The highest BCUT2D eigenvalue weighted by molar-refractivity contribution is 5.37. The van der Waals surface area contributed by atoms with Crippen LogP contribution in [0.2, 0.25) is 0 Å². The molecule has 0 radical (unpaired) electrons. The average molecular weight is 287 g/mol. The van der Waals surface area contributed by atoms with Crippen LogP contribution in [-0.4, -0.2) is 36.8 Å². The van der Waals surface area contributed by atoms with E-state index in [1.165, 1.54) is 6.42 Å². The Balaban J connectivity index is 1.70. The van der Waals surface area contributed by atoms with E-state index >= 15 is 0 Å². The molecule has 0 aliphatic heterocycles. The maximum absolute atomic E-state index is 10.5. The molecule has 2 aromatic heterocycles. The van der Waals surface area contributed by atoms with Crippen molar-refractivity contribution in [1.29, 1.82) is 0 Å². The summed E-state index contributed by atoms with van der Waals surface area (Å²) in [5, 5.41) is 13.7. The van der Waals surface area contributed by atoms with E-state index in [2.05, 4.69) is 20.3 Å². The Bertz CT molecular complexity index is 604. The summed E-state index contributed by atoms with van der Waals surface area (Å²) < 4.78 is 1.88. The van der Waals surface area contributed by atoms with Crippen LogP contribution in [0.1, 0.15) is 37.9 Å². The van der Waals surface area contributed by atoms with E-state index in [0.717, 1.165) is 37.3 Å². The van der Waals surface area contributed by atoms with Crippen molar-refractivity contribution in [3.63, 3.8) is 0 Å². The van der Waals surface area contributed by atoms with Crippen LogP contribution >= 0.6 is 0 Å². The highest BCUT2D eigenvalue weighted by atomic mass is 16.3. The van der Waals surface area contributed by atoms with Gasteiger partial charge in [0.15, 0.2) is 5.82 Å². The third-order valence-electron chi connectivity index (χ3n) is 4.08. The van der Waals surface area contributed by atoms with Gasteiger partial charge >= 0.3 is 0 Å². The molecule has 0 spiro atoms. The Morgan fingerprint density at radius 3 is 2.81 bits per heavy atom. The standard InChI is InChI=1S/C15H21N5O/c1-12-17-7-8-20(12)14-10-16-9-13(19-14)18-11-15(21)5-3-2-4-6-15/h7-10,21H,2-6,11H2,1H3,(H,18,19). The summed E-state index contributed by atoms with van der Waals surface area (Å²) in [7, 11) is 0. The maximum atomic E-state index is 10.5. The number of aromatic nitrogens is 4. The fraction of sp³-hybridized carbons (Fsp3) is 0.533. The molecule has 6 nitrogen and oxygen atoms in total. The van der Waals surface area contributed by atoms with Gasteiger partial charge in [0.2, 0.25) is 0 Å². The van der Waals surface area contributed by atoms with Crippen LogP contribution in [-0.2, 0) is 0 Å². The molecule has 0 saturated heterocycles. The summed E-state index contributed by atoms with van der Waals surface area (Å²) in [4.78, 5) is 12.9. The highest BCUT2D eigenvalue weighted by Gasteiger charge is 2.28. The number of imidazole rings is 1. The first-order valence-electron chi connectivity index (χ1n) is 7.45. The van der Waals surface area contributed by atoms with Crippen molar-refractivity contribution in [2.75, 3.05) is 11.9 Å². The number of hydrogen-bond acceptors (Lipinski definition) is 5. The van der Waals surface area contributed by atoms with Crippen molar-refractivity contribution in [2.45, 2.75) is 44.6 Å². The lowest BCUT2D eigenvalue weighted by Gasteiger charge is -2.32. The second-order valence-electron chi connectivity index (χ2n) is 5.75. The lowest BCUT2D eigenvalue weighted by Crippen LogP contribution is -2.39. The van der Waals surface area contributed by atoms with E-state index < -0.39 is 5.60 Å². The molecule has 0 amide bonds. The first-order valence-corrected chi connectivity index (χ1v) is 7.45. The zero-order valence-electron chi connectivity index (χ0n) is 12.3. The van der Waals surface area contributed by atoms with Crippen LogP contribution in [0, 0.1) is 6.92 Å².